The molecule has 5 heteroatoms. The summed E-state index contributed by atoms with van der Waals surface area (Å²) in [6, 6.07) is 13.3. The largest absolute Gasteiger partial charge is 0.480 e. The molecule has 2 atom stereocenters. The van der Waals surface area contributed by atoms with E-state index in [1.54, 1.807) is 12.1 Å². The maximum absolute atomic E-state index is 11.3. The highest BCUT2D eigenvalue weighted by atomic mass is 16.4. The van der Waals surface area contributed by atoms with E-state index in [1.807, 2.05) is 24.3 Å². The number of nitrogens with one attached hydrogen (secondary N) is 1. The van der Waals surface area contributed by atoms with Crippen molar-refractivity contribution in [2.45, 2.75) is 18.5 Å². The maximum atomic E-state index is 11.3. The van der Waals surface area contributed by atoms with Gasteiger partial charge in [-0.25, -0.2) is 4.79 Å². The minimum absolute atomic E-state index is 0.211. The first-order valence-corrected chi connectivity index (χ1v) is 6.96. The number of fused-ring (bicyclic) bond motifs is 1. The van der Waals surface area contributed by atoms with E-state index in [1.165, 1.54) is 12.1 Å². The van der Waals surface area contributed by atoms with Crippen LogP contribution in [0.4, 0.5) is 0 Å². The van der Waals surface area contributed by atoms with Gasteiger partial charge in [0.25, 0.3) is 0 Å². The van der Waals surface area contributed by atoms with Gasteiger partial charge in [0.1, 0.15) is 6.04 Å². The normalized spacial score (nSPS) is 20.2. The zero-order chi connectivity index (χ0) is 15.7. The maximum Gasteiger partial charge on any atom is 0.335 e. The predicted molar refractivity (Wildman–Crippen MR) is 79.9 cm³/mol. The quantitative estimate of drug-likeness (QED) is 0.807. The monoisotopic (exact) mass is 297 g/mol. The van der Waals surface area contributed by atoms with Crippen LogP contribution in [0.2, 0.25) is 0 Å². The summed E-state index contributed by atoms with van der Waals surface area (Å²) in [4.78, 5) is 22.3. The Bertz CT molecular complexity index is 724. The van der Waals surface area contributed by atoms with Gasteiger partial charge in [-0.2, -0.15) is 0 Å². The van der Waals surface area contributed by atoms with Crippen LogP contribution < -0.4 is 5.32 Å². The topological polar surface area (TPSA) is 86.6 Å². The second-order valence-electron chi connectivity index (χ2n) is 5.32. The summed E-state index contributed by atoms with van der Waals surface area (Å²) in [5.74, 6) is -1.87. The molecule has 0 spiro atoms. The van der Waals surface area contributed by atoms with Gasteiger partial charge in [-0.1, -0.05) is 36.4 Å². The first-order valence-electron chi connectivity index (χ1n) is 6.96. The summed E-state index contributed by atoms with van der Waals surface area (Å²) in [6.45, 7) is 0. The van der Waals surface area contributed by atoms with Crippen molar-refractivity contribution in [3.8, 4) is 0 Å². The molecule has 0 saturated heterocycles. The molecule has 0 bridgehead atoms. The molecule has 0 saturated carbocycles. The number of carboxylic acid groups (broad SMARTS) is 2. The number of rotatable bonds is 3. The molecule has 0 amide bonds. The number of benzene rings is 2. The molecule has 3 N–H and O–H groups in total. The van der Waals surface area contributed by atoms with Crippen molar-refractivity contribution in [1.29, 1.82) is 0 Å². The van der Waals surface area contributed by atoms with Crippen molar-refractivity contribution in [2.75, 3.05) is 0 Å². The number of carboxylic acids is 2. The Hall–Kier alpha value is -2.66. The Kier molecular flexibility index (Phi) is 3.65. The molecule has 22 heavy (non-hydrogen) atoms. The van der Waals surface area contributed by atoms with Gasteiger partial charge >= 0.3 is 11.9 Å². The third kappa shape index (κ3) is 2.58. The minimum atomic E-state index is -0.980. The zero-order valence-electron chi connectivity index (χ0n) is 11.7. The Morgan fingerprint density at radius 3 is 2.32 bits per heavy atom. The number of hydrogen-bond acceptors (Lipinski definition) is 3. The fraction of sp³-hybridized carbons (Fsp3) is 0.176. The number of hydrogen-bond donors (Lipinski definition) is 3. The van der Waals surface area contributed by atoms with Crippen molar-refractivity contribution in [3.05, 3.63) is 70.8 Å². The van der Waals surface area contributed by atoms with Gasteiger partial charge in [-0.3, -0.25) is 10.1 Å². The molecule has 0 radical (unpaired) electrons. The molecule has 2 aromatic rings. The summed E-state index contributed by atoms with van der Waals surface area (Å²) in [7, 11) is 0. The van der Waals surface area contributed by atoms with E-state index < -0.39 is 18.0 Å². The lowest BCUT2D eigenvalue weighted by Gasteiger charge is -2.31. The van der Waals surface area contributed by atoms with E-state index in [2.05, 4.69) is 5.32 Å². The van der Waals surface area contributed by atoms with E-state index >= 15 is 0 Å². The van der Waals surface area contributed by atoms with E-state index in [4.69, 9.17) is 5.11 Å². The third-order valence-corrected chi connectivity index (χ3v) is 3.95. The van der Waals surface area contributed by atoms with Gasteiger partial charge in [0.2, 0.25) is 0 Å². The molecule has 0 fully saturated rings. The van der Waals surface area contributed by atoms with Crippen LogP contribution in [-0.2, 0) is 11.2 Å². The van der Waals surface area contributed by atoms with Gasteiger partial charge in [0.15, 0.2) is 0 Å². The molecule has 0 aliphatic carbocycles. The predicted octanol–water partition coefficient (Wildman–Crippen LogP) is 2.07. The van der Waals surface area contributed by atoms with Gasteiger partial charge in [-0.15, -0.1) is 0 Å². The van der Waals surface area contributed by atoms with Crippen molar-refractivity contribution >= 4 is 11.9 Å². The number of aliphatic carboxylic acids is 1. The van der Waals surface area contributed by atoms with Gasteiger partial charge in [-0.05, 0) is 35.2 Å². The van der Waals surface area contributed by atoms with E-state index in [9.17, 15) is 14.7 Å². The summed E-state index contributed by atoms with van der Waals surface area (Å²) in [5.41, 5.74) is 3.09. The smallest absolute Gasteiger partial charge is 0.335 e. The molecular formula is C17H15NO4. The Balaban J connectivity index is 2.01. The summed E-state index contributed by atoms with van der Waals surface area (Å²) in [5, 5.41) is 21.4. The molecule has 1 aliphatic rings. The SMILES string of the molecule is O=C(O)c1ccc(C2N[C@@H](C(=O)O)Cc3ccccc32)cc1. The number of carbonyl (C=O) groups is 2. The van der Waals surface area contributed by atoms with Crippen LogP contribution in [0.25, 0.3) is 0 Å². The fourth-order valence-corrected chi connectivity index (χ4v) is 2.82. The van der Waals surface area contributed by atoms with E-state index in [0.29, 0.717) is 6.42 Å². The highest BCUT2D eigenvalue weighted by molar-refractivity contribution is 5.87. The van der Waals surface area contributed by atoms with Crippen molar-refractivity contribution in [3.63, 3.8) is 0 Å². The van der Waals surface area contributed by atoms with Crippen LogP contribution in [0.3, 0.4) is 0 Å². The molecule has 1 unspecified atom stereocenters. The van der Waals surface area contributed by atoms with Crippen LogP contribution in [0.15, 0.2) is 48.5 Å². The van der Waals surface area contributed by atoms with Crippen molar-refractivity contribution < 1.29 is 19.8 Å². The van der Waals surface area contributed by atoms with E-state index in [0.717, 1.165) is 16.7 Å². The zero-order valence-corrected chi connectivity index (χ0v) is 11.7. The average molecular weight is 297 g/mol. The lowest BCUT2D eigenvalue weighted by Crippen LogP contribution is -2.45. The van der Waals surface area contributed by atoms with Crippen molar-refractivity contribution in [2.24, 2.45) is 0 Å². The number of aromatic carboxylic acids is 1. The first kappa shape index (κ1) is 14.3. The average Bonchev–Trinajstić information content (AvgIpc) is 2.53. The molecule has 5 nitrogen and oxygen atoms in total. The lowest BCUT2D eigenvalue weighted by molar-refractivity contribution is -0.139. The second-order valence-corrected chi connectivity index (χ2v) is 5.32. The molecule has 3 rings (SSSR count). The molecular weight excluding hydrogens is 282 g/mol. The summed E-state index contributed by atoms with van der Waals surface area (Å²) < 4.78 is 0. The van der Waals surface area contributed by atoms with Gasteiger partial charge in [0.05, 0.1) is 11.6 Å². The van der Waals surface area contributed by atoms with Gasteiger partial charge < -0.3 is 10.2 Å². The third-order valence-electron chi connectivity index (χ3n) is 3.95. The van der Waals surface area contributed by atoms with Gasteiger partial charge in [0, 0.05) is 0 Å². The Morgan fingerprint density at radius 1 is 1.00 bits per heavy atom. The lowest BCUT2D eigenvalue weighted by atomic mass is 9.86. The highest BCUT2D eigenvalue weighted by Crippen LogP contribution is 2.30. The Morgan fingerprint density at radius 2 is 1.68 bits per heavy atom. The summed E-state index contributed by atoms with van der Waals surface area (Å²) in [6.07, 6.45) is 0.440. The molecule has 112 valence electrons. The molecule has 1 aliphatic heterocycles. The standard InChI is InChI=1S/C17H15NO4/c19-16(20)11-7-5-10(6-8-11)15-13-4-2-1-3-12(13)9-14(18-15)17(21)22/h1-8,14-15,18H,9H2,(H,19,20)(H,21,22)/t14-,15?/m1/s1. The highest BCUT2D eigenvalue weighted by Gasteiger charge is 2.30. The van der Waals surface area contributed by atoms with E-state index in [-0.39, 0.29) is 11.6 Å². The first-order chi connectivity index (χ1) is 10.6. The van der Waals surface area contributed by atoms with Crippen molar-refractivity contribution in [1.82, 2.24) is 5.32 Å². The summed E-state index contributed by atoms with van der Waals surface area (Å²) >= 11 is 0. The van der Waals surface area contributed by atoms with Crippen LogP contribution in [-0.4, -0.2) is 28.2 Å². The minimum Gasteiger partial charge on any atom is -0.480 e. The van der Waals surface area contributed by atoms with Crippen LogP contribution >= 0.6 is 0 Å². The van der Waals surface area contributed by atoms with Crippen LogP contribution in [0.5, 0.6) is 0 Å². The molecule has 0 aromatic heterocycles. The fourth-order valence-electron chi connectivity index (χ4n) is 2.82. The van der Waals surface area contributed by atoms with Crippen LogP contribution in [0, 0.1) is 0 Å². The molecule has 2 aromatic carbocycles. The second kappa shape index (κ2) is 5.61. The molecule has 1 heterocycles. The van der Waals surface area contributed by atoms with Crippen LogP contribution in [0.1, 0.15) is 33.1 Å². The Labute approximate surface area is 127 Å².